The van der Waals surface area contributed by atoms with Gasteiger partial charge in [-0.1, -0.05) is 39.8 Å². The largest absolute Gasteiger partial charge is 0.344 e. The average Bonchev–Trinajstić information content (AvgIpc) is 2.56. The van der Waals surface area contributed by atoms with Gasteiger partial charge in [0.25, 0.3) is 11.5 Å². The van der Waals surface area contributed by atoms with Crippen LogP contribution in [0.1, 0.15) is 62.6 Å². The number of carbonyl (C=O) groups is 1. The minimum atomic E-state index is -0.353. The summed E-state index contributed by atoms with van der Waals surface area (Å²) in [5.74, 6) is -0.670. The molecule has 1 heterocycles. The standard InChI is InChI=1S/C20H26FN3O2/c1-5-12-24-18(25)11-10-16(23-24)19(26)22-17(13-20(2,3)4)14-6-8-15(21)9-7-14/h6-11,17H,5,12-13H2,1-4H3,(H,22,26)/t17-/m1/s1. The van der Waals surface area contributed by atoms with Crippen molar-refractivity contribution in [2.45, 2.75) is 53.1 Å². The van der Waals surface area contributed by atoms with Crippen LogP contribution in [0.5, 0.6) is 0 Å². The van der Waals surface area contributed by atoms with E-state index >= 15 is 0 Å². The molecule has 0 unspecified atom stereocenters. The van der Waals surface area contributed by atoms with Gasteiger partial charge in [0.05, 0.1) is 6.04 Å². The molecule has 0 saturated heterocycles. The molecule has 2 rings (SSSR count). The number of aromatic nitrogens is 2. The molecule has 1 aromatic heterocycles. The number of hydrogen-bond acceptors (Lipinski definition) is 3. The molecule has 1 atom stereocenters. The van der Waals surface area contributed by atoms with Crippen LogP contribution >= 0.6 is 0 Å². The van der Waals surface area contributed by atoms with Crippen molar-refractivity contribution in [1.82, 2.24) is 15.1 Å². The number of amides is 1. The van der Waals surface area contributed by atoms with Crippen LogP contribution in [-0.4, -0.2) is 15.7 Å². The zero-order valence-corrected chi connectivity index (χ0v) is 15.8. The second kappa shape index (κ2) is 8.25. The summed E-state index contributed by atoms with van der Waals surface area (Å²) in [6.07, 6.45) is 1.43. The zero-order valence-electron chi connectivity index (χ0n) is 15.8. The quantitative estimate of drug-likeness (QED) is 0.855. The summed E-state index contributed by atoms with van der Waals surface area (Å²) >= 11 is 0. The first kappa shape index (κ1) is 19.8. The Kier molecular flexibility index (Phi) is 6.29. The lowest BCUT2D eigenvalue weighted by Crippen LogP contribution is -2.34. The maximum absolute atomic E-state index is 13.2. The summed E-state index contributed by atoms with van der Waals surface area (Å²) in [6, 6.07) is 8.64. The lowest BCUT2D eigenvalue weighted by molar-refractivity contribution is 0.0918. The highest BCUT2D eigenvalue weighted by Crippen LogP contribution is 2.29. The van der Waals surface area contributed by atoms with E-state index in [0.29, 0.717) is 13.0 Å². The van der Waals surface area contributed by atoms with Crippen molar-refractivity contribution < 1.29 is 9.18 Å². The molecule has 0 aliphatic rings. The predicted molar refractivity (Wildman–Crippen MR) is 99.5 cm³/mol. The average molecular weight is 359 g/mol. The van der Waals surface area contributed by atoms with E-state index in [1.165, 1.54) is 28.9 Å². The van der Waals surface area contributed by atoms with Gasteiger partial charge >= 0.3 is 0 Å². The molecule has 26 heavy (non-hydrogen) atoms. The maximum atomic E-state index is 13.2. The van der Waals surface area contributed by atoms with E-state index in [1.807, 2.05) is 6.92 Å². The molecular weight excluding hydrogens is 333 g/mol. The number of halogens is 1. The fraction of sp³-hybridized carbons (Fsp3) is 0.450. The highest BCUT2D eigenvalue weighted by Gasteiger charge is 2.23. The van der Waals surface area contributed by atoms with Gasteiger partial charge < -0.3 is 5.32 Å². The first-order valence-corrected chi connectivity index (χ1v) is 8.84. The van der Waals surface area contributed by atoms with Crippen molar-refractivity contribution in [2.75, 3.05) is 0 Å². The van der Waals surface area contributed by atoms with Gasteiger partial charge in [-0.05, 0) is 42.0 Å². The normalized spacial score (nSPS) is 12.7. The van der Waals surface area contributed by atoms with E-state index in [-0.39, 0.29) is 34.4 Å². The lowest BCUT2D eigenvalue weighted by atomic mass is 9.85. The van der Waals surface area contributed by atoms with Crippen LogP contribution in [-0.2, 0) is 6.54 Å². The van der Waals surface area contributed by atoms with E-state index in [2.05, 4.69) is 31.2 Å². The van der Waals surface area contributed by atoms with Crippen LogP contribution in [0.2, 0.25) is 0 Å². The van der Waals surface area contributed by atoms with Crippen LogP contribution < -0.4 is 10.9 Å². The third kappa shape index (κ3) is 5.51. The van der Waals surface area contributed by atoms with Crippen molar-refractivity contribution in [3.05, 3.63) is 63.8 Å². The Balaban J connectivity index is 2.27. The Morgan fingerprint density at radius 2 is 1.85 bits per heavy atom. The monoisotopic (exact) mass is 359 g/mol. The van der Waals surface area contributed by atoms with E-state index in [1.54, 1.807) is 12.1 Å². The Hall–Kier alpha value is -2.50. The molecule has 0 radical (unpaired) electrons. The number of rotatable bonds is 6. The van der Waals surface area contributed by atoms with Gasteiger partial charge in [-0.2, -0.15) is 5.10 Å². The first-order chi connectivity index (χ1) is 12.2. The van der Waals surface area contributed by atoms with Crippen molar-refractivity contribution in [2.24, 2.45) is 5.41 Å². The Bertz CT molecular complexity index is 807. The van der Waals surface area contributed by atoms with Crippen LogP contribution in [0.3, 0.4) is 0 Å². The number of nitrogens with zero attached hydrogens (tertiary/aromatic N) is 2. The molecule has 140 valence electrons. The fourth-order valence-electron chi connectivity index (χ4n) is 2.73. The van der Waals surface area contributed by atoms with Crippen molar-refractivity contribution in [1.29, 1.82) is 0 Å². The van der Waals surface area contributed by atoms with E-state index < -0.39 is 0 Å². The van der Waals surface area contributed by atoms with Gasteiger partial charge in [0, 0.05) is 12.6 Å². The van der Waals surface area contributed by atoms with Crippen molar-refractivity contribution in [3.8, 4) is 0 Å². The minimum absolute atomic E-state index is 0.0409. The number of carbonyl (C=O) groups excluding carboxylic acids is 1. The van der Waals surface area contributed by atoms with Gasteiger partial charge in [-0.15, -0.1) is 0 Å². The molecule has 6 heteroatoms. The Morgan fingerprint density at radius 1 is 1.19 bits per heavy atom. The molecule has 1 N–H and O–H groups in total. The van der Waals surface area contributed by atoms with Gasteiger partial charge in [0.1, 0.15) is 11.5 Å². The molecule has 0 saturated carbocycles. The zero-order chi connectivity index (χ0) is 19.3. The topological polar surface area (TPSA) is 64.0 Å². The van der Waals surface area contributed by atoms with Crippen LogP contribution in [0, 0.1) is 11.2 Å². The minimum Gasteiger partial charge on any atom is -0.344 e. The Morgan fingerprint density at radius 3 is 2.42 bits per heavy atom. The third-order valence-electron chi connectivity index (χ3n) is 3.93. The second-order valence-electron chi connectivity index (χ2n) is 7.62. The van der Waals surface area contributed by atoms with Gasteiger partial charge in [0.15, 0.2) is 0 Å². The highest BCUT2D eigenvalue weighted by atomic mass is 19.1. The smallest absolute Gasteiger partial charge is 0.272 e. The van der Waals surface area contributed by atoms with E-state index in [9.17, 15) is 14.0 Å². The molecule has 0 spiro atoms. The molecule has 0 fully saturated rings. The highest BCUT2D eigenvalue weighted by molar-refractivity contribution is 5.92. The lowest BCUT2D eigenvalue weighted by Gasteiger charge is -2.27. The summed E-state index contributed by atoms with van der Waals surface area (Å²) in [7, 11) is 0. The van der Waals surface area contributed by atoms with E-state index in [0.717, 1.165) is 12.0 Å². The van der Waals surface area contributed by atoms with Crippen LogP contribution in [0.15, 0.2) is 41.2 Å². The Labute approximate surface area is 153 Å². The number of hydrogen-bond donors (Lipinski definition) is 1. The number of aryl methyl sites for hydroxylation is 1. The first-order valence-electron chi connectivity index (χ1n) is 8.84. The van der Waals surface area contributed by atoms with Gasteiger partial charge in [-0.3, -0.25) is 9.59 Å². The van der Waals surface area contributed by atoms with E-state index in [4.69, 9.17) is 0 Å². The fourth-order valence-corrected chi connectivity index (χ4v) is 2.73. The molecule has 2 aromatic rings. The molecule has 0 aliphatic heterocycles. The number of benzene rings is 1. The van der Waals surface area contributed by atoms with Gasteiger partial charge in [-0.25, -0.2) is 9.07 Å². The molecule has 5 nitrogen and oxygen atoms in total. The molecular formula is C20H26FN3O2. The van der Waals surface area contributed by atoms with Crippen molar-refractivity contribution in [3.63, 3.8) is 0 Å². The third-order valence-corrected chi connectivity index (χ3v) is 3.93. The van der Waals surface area contributed by atoms with Crippen molar-refractivity contribution >= 4 is 5.91 Å². The van der Waals surface area contributed by atoms with Gasteiger partial charge in [0.2, 0.25) is 0 Å². The number of nitrogens with one attached hydrogen (secondary N) is 1. The predicted octanol–water partition coefficient (Wildman–Crippen LogP) is 3.70. The molecule has 1 amide bonds. The summed E-state index contributed by atoms with van der Waals surface area (Å²) in [5, 5.41) is 7.13. The summed E-state index contributed by atoms with van der Waals surface area (Å²) in [4.78, 5) is 24.5. The summed E-state index contributed by atoms with van der Waals surface area (Å²) in [5.41, 5.74) is 0.754. The molecule has 1 aromatic carbocycles. The summed E-state index contributed by atoms with van der Waals surface area (Å²) < 4.78 is 14.5. The van der Waals surface area contributed by atoms with Crippen LogP contribution in [0.25, 0.3) is 0 Å². The van der Waals surface area contributed by atoms with Crippen LogP contribution in [0.4, 0.5) is 4.39 Å². The second-order valence-corrected chi connectivity index (χ2v) is 7.62. The molecule has 0 aliphatic carbocycles. The maximum Gasteiger partial charge on any atom is 0.272 e. The SMILES string of the molecule is CCCn1nc(C(=O)N[C@H](CC(C)(C)C)c2ccc(F)cc2)ccc1=O. The summed E-state index contributed by atoms with van der Waals surface area (Å²) in [6.45, 7) is 8.64. The molecule has 0 bridgehead atoms.